The van der Waals surface area contributed by atoms with Gasteiger partial charge in [0.15, 0.2) is 10.8 Å². The summed E-state index contributed by atoms with van der Waals surface area (Å²) < 4.78 is 0. The van der Waals surface area contributed by atoms with E-state index in [9.17, 15) is 29.5 Å². The van der Waals surface area contributed by atoms with Crippen LogP contribution in [-0.4, -0.2) is 84.8 Å². The molecule has 4 heterocycles. The Hall–Kier alpha value is -3.90. The SMILES string of the molecule is N#CCN1CCC(=CC2=C(C(=O)O)N3C(=O)[C@@H](NC(=O)/C(=N\O)c4csc(N)n4)[C@H]3SC2)C1=O. The number of aliphatic carboxylic acids is 1. The second-order valence-electron chi connectivity index (χ2n) is 7.36. The molecule has 176 valence electrons. The molecule has 1 aromatic rings. The summed E-state index contributed by atoms with van der Waals surface area (Å²) in [5.74, 6) is -3.03. The van der Waals surface area contributed by atoms with Crippen molar-refractivity contribution in [2.45, 2.75) is 17.8 Å². The van der Waals surface area contributed by atoms with Gasteiger partial charge in [-0.25, -0.2) is 9.78 Å². The molecule has 2 atom stereocenters. The average Bonchev–Trinajstić information content (AvgIpc) is 3.38. The number of anilines is 1. The molecule has 0 radical (unpaired) electrons. The molecule has 15 heteroatoms. The molecule has 1 aromatic heterocycles. The predicted molar refractivity (Wildman–Crippen MR) is 119 cm³/mol. The minimum atomic E-state index is -1.34. The van der Waals surface area contributed by atoms with Crippen LogP contribution < -0.4 is 11.1 Å². The maximum absolute atomic E-state index is 12.8. The number of aromatic nitrogens is 1. The first kappa shape index (κ1) is 23.3. The maximum Gasteiger partial charge on any atom is 0.352 e. The maximum atomic E-state index is 12.8. The van der Waals surface area contributed by atoms with Crippen LogP contribution in [0.1, 0.15) is 12.1 Å². The molecule has 2 saturated heterocycles. The Kier molecular flexibility index (Phi) is 6.26. The number of oxime groups is 1. The van der Waals surface area contributed by atoms with Gasteiger partial charge in [-0.05, 0) is 18.1 Å². The van der Waals surface area contributed by atoms with Gasteiger partial charge in [0.1, 0.15) is 29.4 Å². The van der Waals surface area contributed by atoms with E-state index in [0.29, 0.717) is 24.1 Å². The molecule has 0 aromatic carbocycles. The van der Waals surface area contributed by atoms with Crippen LogP contribution in [0.2, 0.25) is 0 Å². The molecule has 3 aliphatic heterocycles. The minimum Gasteiger partial charge on any atom is -0.477 e. The van der Waals surface area contributed by atoms with Gasteiger partial charge in [0.05, 0.1) is 6.07 Å². The summed E-state index contributed by atoms with van der Waals surface area (Å²) in [6.45, 7) is 0.302. The standard InChI is InChI=1S/C19H17N7O6S2/c20-2-4-25-3-1-8(15(25)28)5-9-6-33-17-12(16(29)26(17)13(9)18(30)31)23-14(27)11(24-32)10-7-34-19(21)22-10/h5,7,12,17,32H,1,3-4,6H2,(H2,21,22)(H,23,27)(H,30,31)/b8-5?,24-11-/t12-,17-/m1/s1. The number of likely N-dealkylation sites (tertiary alicyclic amines) is 1. The summed E-state index contributed by atoms with van der Waals surface area (Å²) in [7, 11) is 0. The number of nitrogens with two attached hydrogens (primary N) is 1. The highest BCUT2D eigenvalue weighted by atomic mass is 32.2. The fraction of sp³-hybridized carbons (Fsp3) is 0.316. The summed E-state index contributed by atoms with van der Waals surface area (Å²) in [6, 6.07) is 0.862. The van der Waals surface area contributed by atoms with Crippen molar-refractivity contribution in [1.82, 2.24) is 20.1 Å². The van der Waals surface area contributed by atoms with Crippen LogP contribution in [0.3, 0.4) is 0 Å². The van der Waals surface area contributed by atoms with E-state index in [2.05, 4.69) is 15.5 Å². The smallest absolute Gasteiger partial charge is 0.352 e. The number of thiazole rings is 1. The summed E-state index contributed by atoms with van der Waals surface area (Å²) in [5, 5.41) is 34.1. The van der Waals surface area contributed by atoms with E-state index >= 15 is 0 Å². The average molecular weight is 504 g/mol. The number of allylic oxidation sites excluding steroid dienone is 1. The highest BCUT2D eigenvalue weighted by Crippen LogP contribution is 2.41. The van der Waals surface area contributed by atoms with Gasteiger partial charge in [0.25, 0.3) is 17.7 Å². The van der Waals surface area contributed by atoms with Crippen molar-refractivity contribution < 1.29 is 29.5 Å². The summed E-state index contributed by atoms with van der Waals surface area (Å²) in [4.78, 5) is 56.1. The molecular weight excluding hydrogens is 486 g/mol. The first-order valence-corrected chi connectivity index (χ1v) is 11.7. The molecule has 3 aliphatic rings. The first-order chi connectivity index (χ1) is 16.3. The molecule has 2 fully saturated rings. The molecule has 0 aliphatic carbocycles. The number of hydrogen-bond acceptors (Lipinski definition) is 11. The zero-order chi connectivity index (χ0) is 24.6. The number of nitriles is 1. The number of carbonyl (C=O) groups excluding carboxylic acids is 3. The van der Waals surface area contributed by atoms with E-state index in [1.807, 2.05) is 6.07 Å². The Labute approximate surface area is 200 Å². The van der Waals surface area contributed by atoms with Crippen LogP contribution in [-0.2, 0) is 19.2 Å². The molecule has 4 rings (SSSR count). The van der Waals surface area contributed by atoms with E-state index in [1.54, 1.807) is 0 Å². The van der Waals surface area contributed by atoms with Crippen molar-refractivity contribution in [3.8, 4) is 6.07 Å². The second-order valence-corrected chi connectivity index (χ2v) is 9.36. The van der Waals surface area contributed by atoms with E-state index in [4.69, 9.17) is 11.0 Å². The highest BCUT2D eigenvalue weighted by molar-refractivity contribution is 8.00. The topological polar surface area (TPSA) is 202 Å². The van der Waals surface area contributed by atoms with Crippen molar-refractivity contribution >= 4 is 57.6 Å². The largest absolute Gasteiger partial charge is 0.477 e. The van der Waals surface area contributed by atoms with Crippen LogP contribution in [0, 0.1) is 11.3 Å². The summed E-state index contributed by atoms with van der Waals surface area (Å²) >= 11 is 2.26. The molecule has 34 heavy (non-hydrogen) atoms. The molecule has 0 unspecified atom stereocenters. The molecule has 0 bridgehead atoms. The lowest BCUT2D eigenvalue weighted by molar-refractivity contribution is -0.150. The number of carboxylic acids is 1. The van der Waals surface area contributed by atoms with Crippen molar-refractivity contribution in [2.75, 3.05) is 24.6 Å². The number of nitrogens with one attached hydrogen (secondary N) is 1. The molecule has 0 saturated carbocycles. The van der Waals surface area contributed by atoms with Gasteiger partial charge < -0.3 is 26.3 Å². The van der Waals surface area contributed by atoms with Crippen molar-refractivity contribution in [3.63, 3.8) is 0 Å². The quantitative estimate of drug-likeness (QED) is 0.0962. The van der Waals surface area contributed by atoms with Crippen LogP contribution >= 0.6 is 23.1 Å². The van der Waals surface area contributed by atoms with Gasteiger partial charge in [-0.3, -0.25) is 19.3 Å². The van der Waals surface area contributed by atoms with E-state index in [0.717, 1.165) is 16.2 Å². The summed E-state index contributed by atoms with van der Waals surface area (Å²) in [5.41, 5.74) is 5.55. The predicted octanol–water partition coefficient (Wildman–Crippen LogP) is -0.676. The number of carbonyl (C=O) groups is 4. The Morgan fingerprint density at radius 1 is 1.44 bits per heavy atom. The fourth-order valence-electron chi connectivity index (χ4n) is 3.82. The Balaban J connectivity index is 1.54. The van der Waals surface area contributed by atoms with Crippen molar-refractivity contribution in [3.05, 3.63) is 34.0 Å². The van der Waals surface area contributed by atoms with Crippen LogP contribution in [0.4, 0.5) is 5.13 Å². The van der Waals surface area contributed by atoms with Crippen LogP contribution in [0.15, 0.2) is 33.5 Å². The molecule has 13 nitrogen and oxygen atoms in total. The molecular formula is C19H17N7O6S2. The van der Waals surface area contributed by atoms with E-state index < -0.39 is 34.9 Å². The van der Waals surface area contributed by atoms with Gasteiger partial charge >= 0.3 is 5.97 Å². The van der Waals surface area contributed by atoms with Gasteiger partial charge in [0.2, 0.25) is 0 Å². The number of rotatable bonds is 6. The Bertz CT molecular complexity index is 1230. The lowest BCUT2D eigenvalue weighted by Gasteiger charge is -2.49. The number of fused-ring (bicyclic) bond motifs is 1. The normalized spacial score (nSPS) is 23.6. The lowest BCUT2D eigenvalue weighted by Crippen LogP contribution is -2.71. The summed E-state index contributed by atoms with van der Waals surface area (Å²) in [6.07, 6.45) is 1.83. The molecule has 0 spiro atoms. The second kappa shape index (κ2) is 9.15. The Morgan fingerprint density at radius 3 is 2.82 bits per heavy atom. The number of hydrogen-bond donors (Lipinski definition) is 4. The number of thioether (sulfide) groups is 1. The first-order valence-electron chi connectivity index (χ1n) is 9.79. The van der Waals surface area contributed by atoms with Crippen molar-refractivity contribution in [2.24, 2.45) is 5.16 Å². The lowest BCUT2D eigenvalue weighted by atomic mass is 10.0. The van der Waals surface area contributed by atoms with Gasteiger partial charge in [-0.15, -0.1) is 23.1 Å². The molecule has 5 N–H and O–H groups in total. The third-order valence-corrected chi connectivity index (χ3v) is 7.37. The van der Waals surface area contributed by atoms with Gasteiger partial charge in [-0.2, -0.15) is 5.26 Å². The zero-order valence-electron chi connectivity index (χ0n) is 17.3. The monoisotopic (exact) mass is 503 g/mol. The van der Waals surface area contributed by atoms with E-state index in [1.165, 1.54) is 28.1 Å². The fourth-order valence-corrected chi connectivity index (χ4v) is 5.67. The number of β-lactam (4-membered cyclic amide) rings is 1. The van der Waals surface area contributed by atoms with Crippen LogP contribution in [0.25, 0.3) is 0 Å². The third kappa shape index (κ3) is 3.97. The molecule has 3 amide bonds. The van der Waals surface area contributed by atoms with Gasteiger partial charge in [0, 0.05) is 23.3 Å². The zero-order valence-corrected chi connectivity index (χ0v) is 18.9. The number of nitrogen functional groups attached to an aromatic ring is 1. The van der Waals surface area contributed by atoms with Gasteiger partial charge in [-0.1, -0.05) is 5.16 Å². The number of amides is 3. The number of nitrogens with zero attached hydrogens (tertiary/aromatic N) is 5. The van der Waals surface area contributed by atoms with E-state index in [-0.39, 0.29) is 34.7 Å². The third-order valence-electron chi connectivity index (χ3n) is 5.39. The number of carboxylic acid groups (broad SMARTS) is 1. The Morgan fingerprint density at radius 2 is 2.21 bits per heavy atom. The highest BCUT2D eigenvalue weighted by Gasteiger charge is 2.54. The van der Waals surface area contributed by atoms with Crippen LogP contribution in [0.5, 0.6) is 0 Å². The minimum absolute atomic E-state index is 0.0362. The van der Waals surface area contributed by atoms with Crippen molar-refractivity contribution in [1.29, 1.82) is 5.26 Å².